The lowest BCUT2D eigenvalue weighted by molar-refractivity contribution is -0.137. The highest BCUT2D eigenvalue weighted by Gasteiger charge is 2.21. The number of carboxylic acids is 1. The summed E-state index contributed by atoms with van der Waals surface area (Å²) in [7, 11) is 0. The van der Waals surface area contributed by atoms with E-state index in [4.69, 9.17) is 0 Å². The molecule has 38 heavy (non-hydrogen) atoms. The molecule has 0 amide bonds. The van der Waals surface area contributed by atoms with Gasteiger partial charge in [0.05, 0.1) is 17.6 Å². The Morgan fingerprint density at radius 3 is 2.66 bits per heavy atom. The third-order valence-electron chi connectivity index (χ3n) is 6.29. The number of benzene rings is 3. The van der Waals surface area contributed by atoms with E-state index in [9.17, 15) is 14.3 Å². The fraction of sp³-hybridized carbons (Fsp3) is 0.214. The SMILES string of the molecule is CCc1cc(F)cc(C)c1NC(Cc1ccc(-c2nc(CNc3nc4ccccc4[nH]3)ns2)cc1)C(=O)O. The number of aliphatic carboxylic acids is 1. The zero-order chi connectivity index (χ0) is 26.6. The van der Waals surface area contributed by atoms with E-state index in [1.54, 1.807) is 6.92 Å². The number of carbonyl (C=O) groups is 1. The minimum Gasteiger partial charge on any atom is -0.480 e. The summed E-state index contributed by atoms with van der Waals surface area (Å²) in [6.07, 6.45) is 0.873. The van der Waals surface area contributed by atoms with Crippen molar-refractivity contribution in [1.29, 1.82) is 0 Å². The van der Waals surface area contributed by atoms with Crippen molar-refractivity contribution < 1.29 is 14.3 Å². The van der Waals surface area contributed by atoms with Crippen molar-refractivity contribution in [2.45, 2.75) is 39.3 Å². The minimum atomic E-state index is -0.967. The van der Waals surface area contributed by atoms with E-state index in [0.717, 1.165) is 32.7 Å². The topological polar surface area (TPSA) is 116 Å². The van der Waals surface area contributed by atoms with Crippen LogP contribution in [0.1, 0.15) is 29.4 Å². The van der Waals surface area contributed by atoms with Crippen LogP contribution < -0.4 is 10.6 Å². The number of rotatable bonds is 10. The Hall–Kier alpha value is -4.31. The highest BCUT2D eigenvalue weighted by Crippen LogP contribution is 2.26. The molecule has 0 fully saturated rings. The maximum absolute atomic E-state index is 13.8. The number of nitrogens with one attached hydrogen (secondary N) is 3. The second-order valence-electron chi connectivity index (χ2n) is 9.02. The maximum atomic E-state index is 13.8. The molecule has 0 aliphatic carbocycles. The van der Waals surface area contributed by atoms with Crippen LogP contribution in [0.2, 0.25) is 0 Å². The van der Waals surface area contributed by atoms with Gasteiger partial charge in [-0.3, -0.25) is 0 Å². The van der Waals surface area contributed by atoms with E-state index in [2.05, 4.69) is 30.0 Å². The number of imidazole rings is 1. The molecule has 194 valence electrons. The van der Waals surface area contributed by atoms with Crippen molar-refractivity contribution in [2.75, 3.05) is 10.6 Å². The van der Waals surface area contributed by atoms with Crippen LogP contribution in [0.3, 0.4) is 0 Å². The molecule has 0 saturated heterocycles. The number of hydrogen-bond acceptors (Lipinski definition) is 7. The average molecular weight is 531 g/mol. The third kappa shape index (κ3) is 5.65. The molecule has 2 heterocycles. The number of fused-ring (bicyclic) bond motifs is 1. The Bertz CT molecular complexity index is 1550. The number of aryl methyl sites for hydroxylation is 2. The first-order valence-electron chi connectivity index (χ1n) is 12.3. The summed E-state index contributed by atoms with van der Waals surface area (Å²) in [6, 6.07) is 17.5. The number of H-pyrrole nitrogens is 1. The lowest BCUT2D eigenvalue weighted by atomic mass is 10.0. The van der Waals surface area contributed by atoms with Crippen LogP contribution in [0, 0.1) is 12.7 Å². The summed E-state index contributed by atoms with van der Waals surface area (Å²) >= 11 is 1.31. The van der Waals surface area contributed by atoms with E-state index in [1.807, 2.05) is 55.5 Å². The van der Waals surface area contributed by atoms with Gasteiger partial charge in [-0.05, 0) is 65.8 Å². The first-order valence-corrected chi connectivity index (χ1v) is 13.1. The number of halogens is 1. The quantitative estimate of drug-likeness (QED) is 0.180. The van der Waals surface area contributed by atoms with Gasteiger partial charge in [0, 0.05) is 17.7 Å². The monoisotopic (exact) mass is 530 g/mol. The summed E-state index contributed by atoms with van der Waals surface area (Å²) < 4.78 is 18.3. The third-order valence-corrected chi connectivity index (χ3v) is 7.09. The van der Waals surface area contributed by atoms with Crippen LogP contribution in [-0.4, -0.2) is 36.4 Å². The van der Waals surface area contributed by atoms with Gasteiger partial charge in [-0.15, -0.1) is 0 Å². The molecule has 5 rings (SSSR count). The number of nitrogens with zero attached hydrogens (tertiary/aromatic N) is 3. The van der Waals surface area contributed by atoms with E-state index in [1.165, 1.54) is 23.7 Å². The van der Waals surface area contributed by atoms with Crippen LogP contribution >= 0.6 is 11.5 Å². The van der Waals surface area contributed by atoms with Crippen molar-refractivity contribution in [3.05, 3.63) is 89.0 Å². The largest absolute Gasteiger partial charge is 0.480 e. The van der Waals surface area contributed by atoms with Gasteiger partial charge in [-0.2, -0.15) is 4.37 Å². The number of aromatic amines is 1. The van der Waals surface area contributed by atoms with Crippen molar-refractivity contribution in [2.24, 2.45) is 0 Å². The van der Waals surface area contributed by atoms with Crippen LogP contribution in [0.5, 0.6) is 0 Å². The Labute approximate surface area is 223 Å². The van der Waals surface area contributed by atoms with Crippen molar-refractivity contribution >= 4 is 40.2 Å². The minimum absolute atomic E-state index is 0.276. The van der Waals surface area contributed by atoms with Gasteiger partial charge in [0.15, 0.2) is 5.82 Å². The van der Waals surface area contributed by atoms with Gasteiger partial charge in [-0.1, -0.05) is 43.3 Å². The van der Waals surface area contributed by atoms with Crippen LogP contribution in [0.15, 0.2) is 60.7 Å². The van der Waals surface area contributed by atoms with Gasteiger partial charge in [0.2, 0.25) is 5.95 Å². The van der Waals surface area contributed by atoms with E-state index in [-0.39, 0.29) is 12.2 Å². The molecule has 5 aromatic rings. The molecule has 0 bridgehead atoms. The summed E-state index contributed by atoms with van der Waals surface area (Å²) in [6.45, 7) is 4.13. The second kappa shape index (κ2) is 11.0. The smallest absolute Gasteiger partial charge is 0.326 e. The van der Waals surface area contributed by atoms with E-state index >= 15 is 0 Å². The lowest BCUT2D eigenvalue weighted by Crippen LogP contribution is -2.32. The molecule has 8 nitrogen and oxygen atoms in total. The molecule has 0 radical (unpaired) electrons. The fourth-order valence-electron chi connectivity index (χ4n) is 4.33. The van der Waals surface area contributed by atoms with Crippen LogP contribution in [0.4, 0.5) is 16.0 Å². The molecule has 0 spiro atoms. The Kier molecular flexibility index (Phi) is 7.32. The van der Waals surface area contributed by atoms with Gasteiger partial charge >= 0.3 is 5.97 Å². The Morgan fingerprint density at radius 1 is 1.13 bits per heavy atom. The van der Waals surface area contributed by atoms with Gasteiger partial charge in [0.1, 0.15) is 16.9 Å². The van der Waals surface area contributed by atoms with E-state index < -0.39 is 12.0 Å². The molecule has 0 aliphatic rings. The summed E-state index contributed by atoms with van der Waals surface area (Å²) in [5, 5.41) is 17.0. The van der Waals surface area contributed by atoms with Gasteiger partial charge in [0.25, 0.3) is 0 Å². The molecule has 0 saturated carbocycles. The van der Waals surface area contributed by atoms with Crippen LogP contribution in [0.25, 0.3) is 21.6 Å². The van der Waals surface area contributed by atoms with Gasteiger partial charge < -0.3 is 20.7 Å². The maximum Gasteiger partial charge on any atom is 0.326 e. The Balaban J connectivity index is 1.24. The molecule has 10 heteroatoms. The van der Waals surface area contributed by atoms with E-state index in [0.29, 0.717) is 36.0 Å². The summed E-state index contributed by atoms with van der Waals surface area (Å²) in [5.74, 6) is 0.0320. The zero-order valence-electron chi connectivity index (χ0n) is 21.0. The first kappa shape index (κ1) is 25.3. The lowest BCUT2D eigenvalue weighted by Gasteiger charge is -2.20. The molecular formula is C28H27FN6O2S. The number of aromatic nitrogens is 4. The highest BCUT2D eigenvalue weighted by atomic mass is 32.1. The highest BCUT2D eigenvalue weighted by molar-refractivity contribution is 7.09. The number of carboxylic acid groups (broad SMARTS) is 1. The zero-order valence-corrected chi connectivity index (χ0v) is 21.8. The summed E-state index contributed by atoms with van der Waals surface area (Å²) in [4.78, 5) is 24.4. The van der Waals surface area contributed by atoms with Crippen LogP contribution in [-0.2, 0) is 24.2 Å². The average Bonchev–Trinajstić information content (AvgIpc) is 3.55. The number of para-hydroxylation sites is 2. The molecular weight excluding hydrogens is 503 g/mol. The molecule has 0 aliphatic heterocycles. The molecule has 2 aromatic heterocycles. The summed E-state index contributed by atoms with van der Waals surface area (Å²) in [5.41, 5.74) is 5.74. The normalized spacial score (nSPS) is 12.0. The predicted molar refractivity (Wildman–Crippen MR) is 148 cm³/mol. The Morgan fingerprint density at radius 2 is 1.92 bits per heavy atom. The standard InChI is InChI=1S/C28H27FN6O2S/c1-3-18-14-20(29)12-16(2)25(18)31-23(27(36)37)13-17-8-10-19(11-9-17)26-34-24(35-38-26)15-30-28-32-21-6-4-5-7-22(21)33-28/h4-12,14,23,31H,3,13,15H2,1-2H3,(H,36,37)(H2,30,32,33). The van der Waals surface area contributed by atoms with Gasteiger partial charge in [-0.25, -0.2) is 19.2 Å². The molecule has 1 unspecified atom stereocenters. The fourth-order valence-corrected chi connectivity index (χ4v) is 5.02. The molecule has 4 N–H and O–H groups in total. The van der Waals surface area contributed by atoms with Crippen molar-refractivity contribution in [1.82, 2.24) is 19.3 Å². The molecule has 1 atom stereocenters. The number of anilines is 2. The first-order chi connectivity index (χ1) is 18.4. The van der Waals surface area contributed by atoms with Crippen molar-refractivity contribution in [3.63, 3.8) is 0 Å². The predicted octanol–water partition coefficient (Wildman–Crippen LogP) is 5.81. The number of hydrogen-bond donors (Lipinski definition) is 4. The molecule has 3 aromatic carbocycles. The second-order valence-corrected chi connectivity index (χ2v) is 9.77. The van der Waals surface area contributed by atoms with Crippen molar-refractivity contribution in [3.8, 4) is 10.6 Å².